The number of hydrogen-bond donors (Lipinski definition) is 1. The molecule has 4 nitrogen and oxygen atoms in total. The second kappa shape index (κ2) is 4.86. The predicted octanol–water partition coefficient (Wildman–Crippen LogP) is 3.05. The number of nitrogens with one attached hydrogen (secondary N) is 1. The van der Waals surface area contributed by atoms with E-state index in [0.29, 0.717) is 5.95 Å². The third kappa shape index (κ3) is 3.13. The molecule has 0 amide bonds. The molecule has 0 atom stereocenters. The fourth-order valence-corrected chi connectivity index (χ4v) is 1.84. The van der Waals surface area contributed by atoms with Crippen LogP contribution < -0.4 is 5.32 Å². The van der Waals surface area contributed by atoms with Crippen LogP contribution in [0.15, 0.2) is 22.8 Å². The number of hydrogen-bond acceptors (Lipinski definition) is 4. The van der Waals surface area contributed by atoms with Crippen molar-refractivity contribution in [3.63, 3.8) is 0 Å². The first kappa shape index (κ1) is 12.7. The Bertz CT molecular complexity index is 523. The molecule has 0 fully saturated rings. The molecule has 0 aromatic carbocycles. The summed E-state index contributed by atoms with van der Waals surface area (Å²) in [5.41, 5.74) is 0.845. The van der Waals surface area contributed by atoms with Crippen LogP contribution >= 0.6 is 27.7 Å². The zero-order chi connectivity index (χ0) is 12.5. The summed E-state index contributed by atoms with van der Waals surface area (Å²) < 4.78 is 2.93. The number of thioether (sulfide) groups is 1. The van der Waals surface area contributed by atoms with Gasteiger partial charge in [0.05, 0.1) is 0 Å². The minimum atomic E-state index is 0.179. The maximum Gasteiger partial charge on any atom is 0.243 e. The second-order valence-corrected chi connectivity index (χ2v) is 6.83. The smallest absolute Gasteiger partial charge is 0.243 e. The zero-order valence-electron chi connectivity index (χ0n) is 10.1. The Morgan fingerprint density at radius 3 is 2.94 bits per heavy atom. The van der Waals surface area contributed by atoms with Gasteiger partial charge in [-0.3, -0.25) is 0 Å². The van der Waals surface area contributed by atoms with E-state index in [9.17, 15) is 0 Å². The largest absolute Gasteiger partial charge is 0.352 e. The lowest BCUT2D eigenvalue weighted by Crippen LogP contribution is -2.26. The van der Waals surface area contributed by atoms with Gasteiger partial charge >= 0.3 is 0 Å². The summed E-state index contributed by atoms with van der Waals surface area (Å²) in [6.45, 7) is 5.22. The van der Waals surface area contributed by atoms with Gasteiger partial charge in [0.15, 0.2) is 5.65 Å². The molecule has 0 spiro atoms. The number of pyridine rings is 1. The molecule has 0 saturated heterocycles. The summed E-state index contributed by atoms with van der Waals surface area (Å²) in [5, 5.41) is 7.63. The van der Waals surface area contributed by atoms with E-state index in [1.165, 1.54) is 0 Å². The number of halogens is 1. The van der Waals surface area contributed by atoms with Gasteiger partial charge in [-0.1, -0.05) is 0 Å². The maximum atomic E-state index is 4.40. The molecule has 2 aromatic heterocycles. The molecule has 0 aliphatic carbocycles. The van der Waals surface area contributed by atoms with E-state index in [1.807, 2.05) is 30.1 Å². The molecule has 6 heteroatoms. The van der Waals surface area contributed by atoms with Gasteiger partial charge in [0, 0.05) is 22.0 Å². The predicted molar refractivity (Wildman–Crippen MR) is 76.8 cm³/mol. The zero-order valence-corrected chi connectivity index (χ0v) is 12.5. The van der Waals surface area contributed by atoms with Crippen LogP contribution in [0.25, 0.3) is 5.65 Å². The Balaban J connectivity index is 2.15. The van der Waals surface area contributed by atoms with Crippen LogP contribution in [-0.2, 0) is 0 Å². The van der Waals surface area contributed by atoms with Crippen LogP contribution in [-0.4, -0.2) is 32.1 Å². The van der Waals surface area contributed by atoms with E-state index >= 15 is 0 Å². The van der Waals surface area contributed by atoms with Crippen molar-refractivity contribution in [1.29, 1.82) is 0 Å². The van der Waals surface area contributed by atoms with E-state index in [4.69, 9.17) is 0 Å². The van der Waals surface area contributed by atoms with Gasteiger partial charge in [-0.05, 0) is 48.2 Å². The van der Waals surface area contributed by atoms with Gasteiger partial charge in [-0.2, -0.15) is 16.7 Å². The van der Waals surface area contributed by atoms with Crippen LogP contribution in [0.4, 0.5) is 5.95 Å². The van der Waals surface area contributed by atoms with E-state index in [2.05, 4.69) is 51.4 Å². The Morgan fingerprint density at radius 1 is 1.47 bits per heavy atom. The number of fused-ring (bicyclic) bond motifs is 1. The monoisotopic (exact) mass is 314 g/mol. The van der Waals surface area contributed by atoms with Crippen LogP contribution in [0.2, 0.25) is 0 Å². The van der Waals surface area contributed by atoms with E-state index in [0.717, 1.165) is 16.7 Å². The minimum Gasteiger partial charge on any atom is -0.352 e. The average molecular weight is 315 g/mol. The fraction of sp³-hybridized carbons (Fsp3) is 0.455. The molecule has 2 rings (SSSR count). The molecule has 1 N–H and O–H groups in total. The quantitative estimate of drug-likeness (QED) is 0.942. The van der Waals surface area contributed by atoms with Crippen molar-refractivity contribution in [1.82, 2.24) is 14.6 Å². The van der Waals surface area contributed by atoms with Gasteiger partial charge in [0.2, 0.25) is 5.95 Å². The van der Waals surface area contributed by atoms with Crippen LogP contribution in [0.5, 0.6) is 0 Å². The number of anilines is 1. The second-order valence-electron chi connectivity index (χ2n) is 4.40. The van der Waals surface area contributed by atoms with Gasteiger partial charge in [-0.15, -0.1) is 5.10 Å². The summed E-state index contributed by atoms with van der Waals surface area (Å²) in [6.07, 6.45) is 4.00. The Kier molecular flexibility index (Phi) is 3.63. The molecular formula is C11H15BrN4S. The highest BCUT2D eigenvalue weighted by molar-refractivity contribution is 9.10. The number of nitrogens with zero attached hydrogens (tertiary/aromatic N) is 3. The normalized spacial score (nSPS) is 12.0. The van der Waals surface area contributed by atoms with Crippen molar-refractivity contribution in [2.24, 2.45) is 0 Å². The van der Waals surface area contributed by atoms with E-state index in [-0.39, 0.29) is 4.75 Å². The summed E-state index contributed by atoms with van der Waals surface area (Å²) in [5.74, 6) is 0.672. The standard InChI is InChI=1S/C11H15BrN4S/c1-11(2,17-3)7-13-10-14-9-5-4-8(12)6-16(9)15-10/h4-6H,7H2,1-3H3,(H,13,15). The molecule has 0 saturated carbocycles. The molecule has 2 heterocycles. The molecule has 0 aliphatic rings. The third-order valence-electron chi connectivity index (χ3n) is 2.52. The van der Waals surface area contributed by atoms with Crippen LogP contribution in [0.1, 0.15) is 13.8 Å². The highest BCUT2D eigenvalue weighted by atomic mass is 79.9. The van der Waals surface area contributed by atoms with Crippen LogP contribution in [0.3, 0.4) is 0 Å². The van der Waals surface area contributed by atoms with Crippen molar-refractivity contribution >= 4 is 39.3 Å². The van der Waals surface area contributed by atoms with Crippen molar-refractivity contribution < 1.29 is 0 Å². The number of rotatable bonds is 4. The summed E-state index contributed by atoms with van der Waals surface area (Å²) in [7, 11) is 0. The maximum absolute atomic E-state index is 4.40. The summed E-state index contributed by atoms with van der Waals surface area (Å²) in [6, 6.07) is 3.89. The summed E-state index contributed by atoms with van der Waals surface area (Å²) >= 11 is 5.23. The van der Waals surface area contributed by atoms with Crippen molar-refractivity contribution in [3.8, 4) is 0 Å². The van der Waals surface area contributed by atoms with Crippen LogP contribution in [0, 0.1) is 0 Å². The number of aromatic nitrogens is 3. The Labute approximate surface area is 113 Å². The first-order valence-corrected chi connectivity index (χ1v) is 7.33. The topological polar surface area (TPSA) is 42.2 Å². The first-order valence-electron chi connectivity index (χ1n) is 5.31. The molecule has 17 heavy (non-hydrogen) atoms. The molecule has 92 valence electrons. The van der Waals surface area contributed by atoms with Crippen molar-refractivity contribution in [2.45, 2.75) is 18.6 Å². The van der Waals surface area contributed by atoms with E-state index in [1.54, 1.807) is 4.52 Å². The first-order chi connectivity index (χ1) is 8.00. The lowest BCUT2D eigenvalue weighted by atomic mass is 10.2. The molecule has 0 bridgehead atoms. The van der Waals surface area contributed by atoms with Gasteiger partial charge in [0.25, 0.3) is 0 Å². The third-order valence-corrected chi connectivity index (χ3v) is 4.24. The molecule has 0 radical (unpaired) electrons. The highest BCUT2D eigenvalue weighted by Gasteiger charge is 2.16. The Morgan fingerprint density at radius 2 is 2.24 bits per heavy atom. The van der Waals surface area contributed by atoms with Gasteiger partial charge in [-0.25, -0.2) is 4.52 Å². The lowest BCUT2D eigenvalue weighted by molar-refractivity contribution is 0.746. The highest BCUT2D eigenvalue weighted by Crippen LogP contribution is 2.21. The van der Waals surface area contributed by atoms with Crippen molar-refractivity contribution in [2.75, 3.05) is 18.1 Å². The molecule has 0 aliphatic heterocycles. The molecule has 0 unspecified atom stereocenters. The molecular weight excluding hydrogens is 300 g/mol. The van der Waals surface area contributed by atoms with Gasteiger partial charge < -0.3 is 5.32 Å². The summed E-state index contributed by atoms with van der Waals surface area (Å²) in [4.78, 5) is 4.40. The minimum absolute atomic E-state index is 0.179. The van der Waals surface area contributed by atoms with Gasteiger partial charge in [0.1, 0.15) is 0 Å². The Hall–Kier alpha value is -0.750. The fourth-order valence-electron chi connectivity index (χ4n) is 1.30. The molecule has 2 aromatic rings. The SMILES string of the molecule is CSC(C)(C)CNc1nc2ccc(Br)cn2n1. The lowest BCUT2D eigenvalue weighted by Gasteiger charge is -2.21. The average Bonchev–Trinajstić information content (AvgIpc) is 2.68. The van der Waals surface area contributed by atoms with E-state index < -0.39 is 0 Å². The van der Waals surface area contributed by atoms with Crippen molar-refractivity contribution in [3.05, 3.63) is 22.8 Å².